The zero-order valence-electron chi connectivity index (χ0n) is 14.3. The van der Waals surface area contributed by atoms with E-state index in [1.165, 1.54) is 6.92 Å². The van der Waals surface area contributed by atoms with Crippen LogP contribution in [0, 0.1) is 24.2 Å². The van der Waals surface area contributed by atoms with Crippen LogP contribution >= 0.6 is 0 Å². The summed E-state index contributed by atoms with van der Waals surface area (Å²) in [6.07, 6.45) is 0. The van der Waals surface area contributed by atoms with Crippen LogP contribution in [0.25, 0.3) is 0 Å². The van der Waals surface area contributed by atoms with Gasteiger partial charge in [0.05, 0.1) is 24.0 Å². The molecule has 3 N–H and O–H groups in total. The lowest BCUT2D eigenvalue weighted by molar-refractivity contribution is -0.121. The van der Waals surface area contributed by atoms with Crippen LogP contribution in [0.15, 0.2) is 18.2 Å². The molecule has 1 aromatic carbocycles. The van der Waals surface area contributed by atoms with Gasteiger partial charge in [0.2, 0.25) is 11.8 Å². The molecule has 0 fully saturated rings. The van der Waals surface area contributed by atoms with E-state index in [2.05, 4.69) is 22.0 Å². The molecule has 1 rings (SSSR count). The number of anilines is 2. The minimum Gasteiger partial charge on any atom is -0.374 e. The molecule has 0 radical (unpaired) electrons. The van der Waals surface area contributed by atoms with Crippen molar-refractivity contribution in [2.24, 2.45) is 5.92 Å². The van der Waals surface area contributed by atoms with Gasteiger partial charge in [0, 0.05) is 6.92 Å². The van der Waals surface area contributed by atoms with Crippen molar-refractivity contribution < 1.29 is 9.59 Å². The number of carbonyl (C=O) groups is 2. The summed E-state index contributed by atoms with van der Waals surface area (Å²) in [5.41, 5.74) is 1.37. The van der Waals surface area contributed by atoms with Crippen LogP contribution in [-0.2, 0) is 9.59 Å². The van der Waals surface area contributed by atoms with Gasteiger partial charge >= 0.3 is 0 Å². The fourth-order valence-corrected chi connectivity index (χ4v) is 1.91. The number of nitrogens with zero attached hydrogens (tertiary/aromatic N) is 1. The molecular weight excluding hydrogens is 292 g/mol. The Morgan fingerprint density at radius 1 is 1.30 bits per heavy atom. The molecule has 0 saturated carbocycles. The summed E-state index contributed by atoms with van der Waals surface area (Å²) < 4.78 is 0. The average Bonchev–Trinajstić information content (AvgIpc) is 2.46. The van der Waals surface area contributed by atoms with E-state index < -0.39 is 5.54 Å². The van der Waals surface area contributed by atoms with E-state index in [0.29, 0.717) is 11.4 Å². The quantitative estimate of drug-likeness (QED) is 0.751. The molecule has 6 nitrogen and oxygen atoms in total. The molecule has 2 amide bonds. The van der Waals surface area contributed by atoms with Gasteiger partial charge < -0.3 is 16.0 Å². The van der Waals surface area contributed by atoms with Gasteiger partial charge in [-0.2, -0.15) is 5.26 Å². The average molecular weight is 316 g/mol. The maximum atomic E-state index is 12.1. The second kappa shape index (κ2) is 7.63. The fraction of sp³-hybridized carbons (Fsp3) is 0.471. The third-order valence-electron chi connectivity index (χ3n) is 3.71. The number of carbonyl (C=O) groups excluding carboxylic acids is 2. The molecule has 0 aromatic heterocycles. The van der Waals surface area contributed by atoms with Crippen molar-refractivity contribution in [3.05, 3.63) is 23.8 Å². The molecule has 0 bridgehead atoms. The van der Waals surface area contributed by atoms with Crippen molar-refractivity contribution in [3.63, 3.8) is 0 Å². The first-order valence-electron chi connectivity index (χ1n) is 7.52. The van der Waals surface area contributed by atoms with Crippen molar-refractivity contribution in [2.75, 3.05) is 17.2 Å². The Labute approximate surface area is 137 Å². The Morgan fingerprint density at radius 3 is 2.48 bits per heavy atom. The molecule has 1 unspecified atom stereocenters. The summed E-state index contributed by atoms with van der Waals surface area (Å²) in [5.74, 6) is -0.471. The molecule has 1 aromatic rings. The first kappa shape index (κ1) is 18.5. The van der Waals surface area contributed by atoms with Crippen LogP contribution in [-0.4, -0.2) is 23.9 Å². The SMILES string of the molecule is CC(=O)Nc1ccc(C)cc1NCC(=O)NC(C)(C#N)C(C)C. The maximum absolute atomic E-state index is 12.1. The lowest BCUT2D eigenvalue weighted by Crippen LogP contribution is -2.50. The van der Waals surface area contributed by atoms with Crippen molar-refractivity contribution in [1.29, 1.82) is 5.26 Å². The topological polar surface area (TPSA) is 94.0 Å². The maximum Gasteiger partial charge on any atom is 0.240 e. The first-order valence-corrected chi connectivity index (χ1v) is 7.52. The molecule has 124 valence electrons. The lowest BCUT2D eigenvalue weighted by atomic mass is 9.90. The minimum atomic E-state index is -0.911. The zero-order valence-corrected chi connectivity index (χ0v) is 14.3. The number of aryl methyl sites for hydroxylation is 1. The van der Waals surface area contributed by atoms with Crippen molar-refractivity contribution in [1.82, 2.24) is 5.32 Å². The summed E-state index contributed by atoms with van der Waals surface area (Å²) in [7, 11) is 0. The second-order valence-electron chi connectivity index (χ2n) is 6.10. The third kappa shape index (κ3) is 5.29. The van der Waals surface area contributed by atoms with E-state index in [4.69, 9.17) is 0 Å². The number of hydrogen-bond acceptors (Lipinski definition) is 4. The molecule has 0 aliphatic rings. The molecule has 0 saturated heterocycles. The van der Waals surface area contributed by atoms with E-state index in [-0.39, 0.29) is 24.3 Å². The van der Waals surface area contributed by atoms with Crippen LogP contribution in [0.4, 0.5) is 11.4 Å². The van der Waals surface area contributed by atoms with Crippen LogP contribution in [0.5, 0.6) is 0 Å². The van der Waals surface area contributed by atoms with Gasteiger partial charge in [0.15, 0.2) is 0 Å². The molecule has 0 spiro atoms. The Kier molecular flexibility index (Phi) is 6.14. The van der Waals surface area contributed by atoms with Crippen molar-refractivity contribution in [2.45, 2.75) is 40.2 Å². The highest BCUT2D eigenvalue weighted by molar-refractivity contribution is 5.93. The van der Waals surface area contributed by atoms with E-state index in [1.807, 2.05) is 32.9 Å². The Morgan fingerprint density at radius 2 is 1.96 bits per heavy atom. The van der Waals surface area contributed by atoms with Gasteiger partial charge in [-0.1, -0.05) is 19.9 Å². The van der Waals surface area contributed by atoms with Gasteiger partial charge in [-0.25, -0.2) is 0 Å². The number of hydrogen-bond donors (Lipinski definition) is 3. The predicted octanol–water partition coefficient (Wildman–Crippen LogP) is 2.42. The van der Waals surface area contributed by atoms with Crippen molar-refractivity contribution in [3.8, 4) is 6.07 Å². The smallest absolute Gasteiger partial charge is 0.240 e. The third-order valence-corrected chi connectivity index (χ3v) is 3.71. The van der Waals surface area contributed by atoms with Gasteiger partial charge in [0.25, 0.3) is 0 Å². The van der Waals surface area contributed by atoms with E-state index in [9.17, 15) is 14.9 Å². The molecule has 23 heavy (non-hydrogen) atoms. The lowest BCUT2D eigenvalue weighted by Gasteiger charge is -2.27. The minimum absolute atomic E-state index is 0.00893. The van der Waals surface area contributed by atoms with Crippen molar-refractivity contribution >= 4 is 23.2 Å². The van der Waals surface area contributed by atoms with Crippen LogP contribution in [0.2, 0.25) is 0 Å². The van der Waals surface area contributed by atoms with Gasteiger partial charge in [-0.05, 0) is 37.5 Å². The highest BCUT2D eigenvalue weighted by Crippen LogP contribution is 2.23. The summed E-state index contributed by atoms with van der Waals surface area (Å²) in [5, 5.41) is 17.7. The molecule has 1 atom stereocenters. The predicted molar refractivity (Wildman–Crippen MR) is 91.0 cm³/mol. The summed E-state index contributed by atoms with van der Waals surface area (Å²) in [6.45, 7) is 8.83. The Bertz CT molecular complexity index is 634. The van der Waals surface area contributed by atoms with Gasteiger partial charge in [0.1, 0.15) is 5.54 Å². The molecule has 0 heterocycles. The van der Waals surface area contributed by atoms with Crippen LogP contribution in [0.1, 0.15) is 33.3 Å². The normalized spacial score (nSPS) is 12.9. The number of nitrogens with one attached hydrogen (secondary N) is 3. The largest absolute Gasteiger partial charge is 0.374 e. The standard InChI is InChI=1S/C17H24N4O2/c1-11(2)17(5,10-18)21-16(23)9-19-15-8-12(3)6-7-14(15)20-13(4)22/h6-8,11,19H,9H2,1-5H3,(H,20,22)(H,21,23). The molecule has 0 aliphatic carbocycles. The Balaban J connectivity index is 2.78. The van der Waals surface area contributed by atoms with Crippen LogP contribution in [0.3, 0.4) is 0 Å². The van der Waals surface area contributed by atoms with Gasteiger partial charge in [-0.15, -0.1) is 0 Å². The van der Waals surface area contributed by atoms with Gasteiger partial charge in [-0.3, -0.25) is 9.59 Å². The van der Waals surface area contributed by atoms with E-state index >= 15 is 0 Å². The zero-order chi connectivity index (χ0) is 17.6. The fourth-order valence-electron chi connectivity index (χ4n) is 1.91. The number of amides is 2. The molecular formula is C17H24N4O2. The highest BCUT2D eigenvalue weighted by Gasteiger charge is 2.29. The van der Waals surface area contributed by atoms with E-state index in [1.54, 1.807) is 13.0 Å². The summed E-state index contributed by atoms with van der Waals surface area (Å²) in [4.78, 5) is 23.3. The van der Waals surface area contributed by atoms with E-state index in [0.717, 1.165) is 5.56 Å². The van der Waals surface area contributed by atoms with Crippen LogP contribution < -0.4 is 16.0 Å². The molecule has 6 heteroatoms. The highest BCUT2D eigenvalue weighted by atomic mass is 16.2. The summed E-state index contributed by atoms with van der Waals surface area (Å²) in [6, 6.07) is 7.65. The Hall–Kier alpha value is -2.55. The second-order valence-corrected chi connectivity index (χ2v) is 6.10. The number of benzene rings is 1. The monoisotopic (exact) mass is 316 g/mol. The first-order chi connectivity index (χ1) is 10.7. The number of nitriles is 1. The number of rotatable bonds is 6. The summed E-state index contributed by atoms with van der Waals surface area (Å²) >= 11 is 0. The molecule has 0 aliphatic heterocycles.